The summed E-state index contributed by atoms with van der Waals surface area (Å²) in [7, 11) is 3.00. The Morgan fingerprint density at radius 2 is 1.70 bits per heavy atom. The lowest BCUT2D eigenvalue weighted by Gasteiger charge is -2.14. The highest BCUT2D eigenvalue weighted by molar-refractivity contribution is 5.96. The summed E-state index contributed by atoms with van der Waals surface area (Å²) in [6.07, 6.45) is 0. The van der Waals surface area contributed by atoms with E-state index >= 15 is 0 Å². The van der Waals surface area contributed by atoms with Crippen molar-refractivity contribution in [2.45, 2.75) is 13.0 Å². The second-order valence-electron chi connectivity index (χ2n) is 6.36. The van der Waals surface area contributed by atoms with Gasteiger partial charge in [-0.25, -0.2) is 9.59 Å². The number of anilines is 1. The van der Waals surface area contributed by atoms with Crippen LogP contribution in [0.25, 0.3) is 11.3 Å². The topological polar surface area (TPSA) is 123 Å². The summed E-state index contributed by atoms with van der Waals surface area (Å²) in [5.41, 5.74) is 1.14. The smallest absolute Gasteiger partial charge is 0.341 e. The Morgan fingerprint density at radius 3 is 2.27 bits per heavy atom. The summed E-state index contributed by atoms with van der Waals surface area (Å²) in [5.74, 6) is -0.140. The van der Waals surface area contributed by atoms with Crippen LogP contribution in [0.15, 0.2) is 53.1 Å². The molecule has 2 amide bonds. The molecule has 0 aliphatic rings. The van der Waals surface area contributed by atoms with Crippen LogP contribution in [0, 0.1) is 0 Å². The van der Waals surface area contributed by atoms with E-state index in [9.17, 15) is 14.7 Å². The van der Waals surface area contributed by atoms with E-state index < -0.39 is 18.0 Å². The fraction of sp³-hybridized carbons (Fsp3) is 0.190. The quantitative estimate of drug-likeness (QED) is 0.538. The van der Waals surface area contributed by atoms with Crippen molar-refractivity contribution in [3.8, 4) is 22.8 Å². The van der Waals surface area contributed by atoms with Crippen molar-refractivity contribution in [3.63, 3.8) is 0 Å². The van der Waals surface area contributed by atoms with Crippen LogP contribution in [0.1, 0.15) is 29.1 Å². The van der Waals surface area contributed by atoms with Gasteiger partial charge in [-0.2, -0.15) is 0 Å². The number of urea groups is 1. The van der Waals surface area contributed by atoms with Gasteiger partial charge in [-0.15, -0.1) is 0 Å². The molecule has 0 aliphatic heterocycles. The molecule has 9 heteroatoms. The molecule has 3 aromatic rings. The number of ether oxygens (including phenoxy) is 2. The van der Waals surface area contributed by atoms with Gasteiger partial charge in [0.2, 0.25) is 0 Å². The van der Waals surface area contributed by atoms with Crippen LogP contribution >= 0.6 is 0 Å². The van der Waals surface area contributed by atoms with Gasteiger partial charge in [-0.3, -0.25) is 0 Å². The monoisotopic (exact) mass is 411 g/mol. The molecule has 9 nitrogen and oxygen atoms in total. The molecule has 0 saturated carbocycles. The van der Waals surface area contributed by atoms with Gasteiger partial charge in [-0.1, -0.05) is 35.5 Å². The van der Waals surface area contributed by atoms with Gasteiger partial charge in [0.05, 0.1) is 20.3 Å². The lowest BCUT2D eigenvalue weighted by atomic mass is 10.0. The van der Waals surface area contributed by atoms with Crippen LogP contribution in [0.5, 0.6) is 11.5 Å². The minimum atomic E-state index is -1.20. The third kappa shape index (κ3) is 4.52. The van der Waals surface area contributed by atoms with Crippen LogP contribution in [-0.4, -0.2) is 36.5 Å². The van der Waals surface area contributed by atoms with Crippen molar-refractivity contribution >= 4 is 17.7 Å². The Balaban J connectivity index is 1.79. The Hall–Kier alpha value is -4.01. The number of hydrogen-bond donors (Lipinski definition) is 3. The molecule has 0 saturated heterocycles. The first-order valence-corrected chi connectivity index (χ1v) is 9.01. The molecular weight excluding hydrogens is 390 g/mol. The van der Waals surface area contributed by atoms with Crippen LogP contribution in [-0.2, 0) is 0 Å². The molecule has 1 aromatic heterocycles. The second kappa shape index (κ2) is 8.99. The molecule has 3 rings (SSSR count). The van der Waals surface area contributed by atoms with Gasteiger partial charge >= 0.3 is 12.0 Å². The minimum Gasteiger partial charge on any atom is -0.497 e. The number of nitrogens with one attached hydrogen (secondary N) is 2. The van der Waals surface area contributed by atoms with Crippen molar-refractivity contribution in [2.75, 3.05) is 19.5 Å². The number of aromatic carboxylic acids is 1. The van der Waals surface area contributed by atoms with Crippen LogP contribution in [0.4, 0.5) is 10.5 Å². The number of aromatic nitrogens is 1. The predicted octanol–water partition coefficient (Wildman–Crippen LogP) is 3.94. The van der Waals surface area contributed by atoms with Gasteiger partial charge in [0, 0.05) is 29.4 Å². The van der Waals surface area contributed by atoms with Crippen molar-refractivity contribution in [2.24, 2.45) is 0 Å². The van der Waals surface area contributed by atoms with Gasteiger partial charge in [-0.05, 0) is 6.92 Å². The number of nitrogens with zero attached hydrogens (tertiary/aromatic N) is 1. The normalized spacial score (nSPS) is 11.4. The van der Waals surface area contributed by atoms with Crippen molar-refractivity contribution in [1.82, 2.24) is 10.5 Å². The standard InChI is InChI=1S/C21H21N3O6/c1-12(22-21(27)23-14-9-15(28-2)11-16(10-14)29-3)19-17(20(25)26)18(24-30-19)13-7-5-4-6-8-13/h4-12H,1-3H3,(H,25,26)(H2,22,23,27)/t12-/m1/s1. The van der Waals surface area contributed by atoms with E-state index in [0.717, 1.165) is 0 Å². The van der Waals surface area contributed by atoms with Crippen LogP contribution in [0.2, 0.25) is 0 Å². The first kappa shape index (κ1) is 20.7. The number of methoxy groups -OCH3 is 2. The number of carbonyl (C=O) groups excluding carboxylic acids is 1. The third-order valence-electron chi connectivity index (χ3n) is 4.33. The van der Waals surface area contributed by atoms with Crippen molar-refractivity contribution in [3.05, 3.63) is 59.9 Å². The first-order valence-electron chi connectivity index (χ1n) is 9.01. The zero-order valence-electron chi connectivity index (χ0n) is 16.6. The van der Waals surface area contributed by atoms with Crippen LogP contribution in [0.3, 0.4) is 0 Å². The minimum absolute atomic E-state index is 0.0414. The van der Waals surface area contributed by atoms with E-state index in [0.29, 0.717) is 22.7 Å². The largest absolute Gasteiger partial charge is 0.497 e. The van der Waals surface area contributed by atoms with Gasteiger partial charge in [0.15, 0.2) is 5.76 Å². The lowest BCUT2D eigenvalue weighted by molar-refractivity contribution is 0.0694. The molecule has 0 unspecified atom stereocenters. The molecule has 0 spiro atoms. The molecule has 1 heterocycles. The number of carboxylic acids is 1. The van der Waals surface area contributed by atoms with Gasteiger partial charge < -0.3 is 29.7 Å². The highest BCUT2D eigenvalue weighted by Crippen LogP contribution is 2.29. The molecule has 156 valence electrons. The van der Waals surface area contributed by atoms with E-state index in [1.807, 2.05) is 6.07 Å². The number of carboxylic acid groups (broad SMARTS) is 1. The average Bonchev–Trinajstić information content (AvgIpc) is 3.19. The lowest BCUT2D eigenvalue weighted by Crippen LogP contribution is -2.31. The number of carbonyl (C=O) groups is 2. The maximum atomic E-state index is 12.4. The molecule has 2 aromatic carbocycles. The summed E-state index contributed by atoms with van der Waals surface area (Å²) in [4.78, 5) is 24.3. The van der Waals surface area contributed by atoms with E-state index in [4.69, 9.17) is 14.0 Å². The summed E-state index contributed by atoms with van der Waals surface area (Å²) in [5, 5.41) is 18.9. The number of amides is 2. The number of benzene rings is 2. The molecule has 30 heavy (non-hydrogen) atoms. The molecular formula is C21H21N3O6. The molecule has 0 radical (unpaired) electrons. The highest BCUT2D eigenvalue weighted by Gasteiger charge is 2.28. The molecule has 3 N–H and O–H groups in total. The molecule has 0 bridgehead atoms. The first-order chi connectivity index (χ1) is 14.4. The van der Waals surface area contributed by atoms with E-state index in [-0.39, 0.29) is 17.0 Å². The van der Waals surface area contributed by atoms with E-state index in [1.165, 1.54) is 14.2 Å². The zero-order valence-corrected chi connectivity index (χ0v) is 16.6. The summed E-state index contributed by atoms with van der Waals surface area (Å²) in [6.45, 7) is 1.60. The third-order valence-corrected chi connectivity index (χ3v) is 4.33. The highest BCUT2D eigenvalue weighted by atomic mass is 16.5. The summed E-state index contributed by atoms with van der Waals surface area (Å²) >= 11 is 0. The summed E-state index contributed by atoms with van der Waals surface area (Å²) in [6, 6.07) is 12.4. The van der Waals surface area contributed by atoms with Crippen molar-refractivity contribution in [1.29, 1.82) is 0 Å². The average molecular weight is 411 g/mol. The second-order valence-corrected chi connectivity index (χ2v) is 6.36. The summed E-state index contributed by atoms with van der Waals surface area (Å²) < 4.78 is 15.6. The maximum Gasteiger partial charge on any atom is 0.341 e. The Morgan fingerprint density at radius 1 is 1.07 bits per heavy atom. The Labute approximate surface area is 172 Å². The van der Waals surface area contributed by atoms with Crippen molar-refractivity contribution < 1.29 is 28.7 Å². The molecule has 0 fully saturated rings. The van der Waals surface area contributed by atoms with E-state index in [2.05, 4.69) is 15.8 Å². The number of hydrogen-bond acceptors (Lipinski definition) is 6. The predicted molar refractivity (Wildman–Crippen MR) is 109 cm³/mol. The zero-order chi connectivity index (χ0) is 21.7. The van der Waals surface area contributed by atoms with Crippen LogP contribution < -0.4 is 20.1 Å². The number of rotatable bonds is 7. The van der Waals surface area contributed by atoms with Gasteiger partial charge in [0.25, 0.3) is 0 Å². The Kier molecular flexibility index (Phi) is 6.21. The SMILES string of the molecule is COc1cc(NC(=O)N[C@H](C)c2onc(-c3ccccc3)c2C(=O)O)cc(OC)c1. The van der Waals surface area contributed by atoms with Gasteiger partial charge in [0.1, 0.15) is 22.8 Å². The fourth-order valence-corrected chi connectivity index (χ4v) is 2.91. The fourth-order valence-electron chi connectivity index (χ4n) is 2.91. The van der Waals surface area contributed by atoms with E-state index in [1.54, 1.807) is 49.4 Å². The molecule has 0 aliphatic carbocycles. The Bertz CT molecular complexity index is 1030. The molecule has 1 atom stereocenters. The maximum absolute atomic E-state index is 12.4.